The Balaban J connectivity index is 1.81. The number of halogens is 2. The number of fused-ring (bicyclic) bond motifs is 2. The lowest BCUT2D eigenvalue weighted by atomic mass is 10.1. The minimum absolute atomic E-state index is 0.259. The Morgan fingerprint density at radius 3 is 2.87 bits per heavy atom. The van der Waals surface area contributed by atoms with Gasteiger partial charge in [-0.15, -0.1) is 0 Å². The number of rotatable bonds is 5. The number of nitrogens with zero attached hydrogens (tertiary/aromatic N) is 4. The van der Waals surface area contributed by atoms with Crippen molar-refractivity contribution in [3.05, 3.63) is 52.6 Å². The molecule has 0 aliphatic heterocycles. The second-order valence-electron chi connectivity index (χ2n) is 6.98. The minimum atomic E-state index is -1.54. The van der Waals surface area contributed by atoms with E-state index in [0.717, 1.165) is 0 Å². The average Bonchev–Trinajstić information content (AvgIpc) is 3.19. The van der Waals surface area contributed by atoms with Crippen molar-refractivity contribution in [3.63, 3.8) is 0 Å². The molecule has 1 aromatic carbocycles. The first-order chi connectivity index (χ1) is 14.8. The fraction of sp³-hybridized carbons (Fsp3) is 0.200. The number of aliphatic hydroxyl groups excluding tert-OH is 2. The molecule has 4 aromatic rings. The molecule has 5 N–H and O–H groups in total. The Morgan fingerprint density at radius 2 is 2.13 bits per heavy atom. The summed E-state index contributed by atoms with van der Waals surface area (Å²) >= 11 is 3.39. The lowest BCUT2D eigenvalue weighted by Crippen LogP contribution is -2.38. The molecule has 0 spiro atoms. The predicted octanol–water partition coefficient (Wildman–Crippen LogP) is 1.96. The number of amides is 1. The van der Waals surface area contributed by atoms with Gasteiger partial charge in [0.25, 0.3) is 5.91 Å². The number of anilines is 1. The number of nitrogen functional groups attached to an aromatic ring is 1. The van der Waals surface area contributed by atoms with Crippen molar-refractivity contribution in [2.75, 3.05) is 12.3 Å². The minimum Gasteiger partial charge on any atom is -0.393 e. The summed E-state index contributed by atoms with van der Waals surface area (Å²) in [6.45, 7) is 0.970. The van der Waals surface area contributed by atoms with Gasteiger partial charge in [0.1, 0.15) is 11.6 Å². The fourth-order valence-electron chi connectivity index (χ4n) is 3.21. The Bertz CT molecular complexity index is 1310. The number of benzene rings is 1. The quantitative estimate of drug-likeness (QED) is 0.336. The standard InChI is InChI=1S/C20H18BrFN6O3/c1-9(26-20(31)15(30)8-29)17-16(21)18(23)28-19(27-17)13(7-25-28)11-4-10-5-12(22)2-3-14(10)24-6-11/h2-7,9,15,29-30H,8,23H2,1H3,(H,26,31). The van der Waals surface area contributed by atoms with Gasteiger partial charge in [-0.2, -0.15) is 9.61 Å². The summed E-state index contributed by atoms with van der Waals surface area (Å²) in [5.41, 5.74) is 8.98. The molecule has 0 aliphatic carbocycles. The topological polar surface area (TPSA) is 139 Å². The van der Waals surface area contributed by atoms with Crippen LogP contribution in [-0.4, -0.2) is 48.4 Å². The SMILES string of the molecule is CC(NC(=O)C(O)CO)c1nc2c(-c3cnc4ccc(F)cc4c3)cnn2c(N)c1Br. The van der Waals surface area contributed by atoms with E-state index >= 15 is 0 Å². The van der Waals surface area contributed by atoms with Crippen LogP contribution >= 0.6 is 15.9 Å². The molecule has 9 nitrogen and oxygen atoms in total. The third kappa shape index (κ3) is 3.82. The normalized spacial score (nSPS) is 13.5. The summed E-state index contributed by atoms with van der Waals surface area (Å²) in [6.07, 6.45) is 1.67. The van der Waals surface area contributed by atoms with E-state index in [4.69, 9.17) is 10.8 Å². The van der Waals surface area contributed by atoms with E-state index in [0.29, 0.717) is 37.8 Å². The molecule has 1 amide bonds. The molecule has 31 heavy (non-hydrogen) atoms. The molecule has 0 aliphatic rings. The first-order valence-electron chi connectivity index (χ1n) is 9.27. The molecular formula is C20H18BrFN6O3. The molecule has 3 heterocycles. The lowest BCUT2D eigenvalue weighted by Gasteiger charge is -2.18. The average molecular weight is 489 g/mol. The van der Waals surface area contributed by atoms with Crippen LogP contribution in [0.3, 0.4) is 0 Å². The van der Waals surface area contributed by atoms with Crippen LogP contribution in [0.5, 0.6) is 0 Å². The van der Waals surface area contributed by atoms with Gasteiger partial charge in [0, 0.05) is 22.7 Å². The van der Waals surface area contributed by atoms with Gasteiger partial charge in [-0.1, -0.05) is 0 Å². The van der Waals surface area contributed by atoms with Crippen molar-refractivity contribution in [1.29, 1.82) is 0 Å². The summed E-state index contributed by atoms with van der Waals surface area (Å²) in [5.74, 6) is -0.846. The van der Waals surface area contributed by atoms with Gasteiger partial charge < -0.3 is 21.3 Å². The number of carbonyl (C=O) groups excluding carboxylic acids is 1. The van der Waals surface area contributed by atoms with Crippen LogP contribution in [0.25, 0.3) is 27.7 Å². The summed E-state index contributed by atoms with van der Waals surface area (Å²) in [4.78, 5) is 20.9. The highest BCUT2D eigenvalue weighted by atomic mass is 79.9. The summed E-state index contributed by atoms with van der Waals surface area (Å²) < 4.78 is 15.5. The van der Waals surface area contributed by atoms with Crippen LogP contribution < -0.4 is 11.1 Å². The second-order valence-corrected chi connectivity index (χ2v) is 7.77. The Morgan fingerprint density at radius 1 is 1.35 bits per heavy atom. The molecule has 2 unspecified atom stereocenters. The Kier molecular flexibility index (Phi) is 5.56. The molecular weight excluding hydrogens is 471 g/mol. The van der Waals surface area contributed by atoms with Crippen molar-refractivity contribution < 1.29 is 19.4 Å². The van der Waals surface area contributed by atoms with E-state index in [2.05, 4.69) is 36.3 Å². The molecule has 0 bridgehead atoms. The number of pyridine rings is 1. The second kappa shape index (κ2) is 8.17. The van der Waals surface area contributed by atoms with Gasteiger partial charge in [-0.25, -0.2) is 9.37 Å². The number of aromatic nitrogens is 4. The number of nitrogens with two attached hydrogens (primary N) is 1. The highest BCUT2D eigenvalue weighted by Crippen LogP contribution is 2.33. The fourth-order valence-corrected chi connectivity index (χ4v) is 3.81. The largest absolute Gasteiger partial charge is 0.393 e. The number of carbonyl (C=O) groups is 1. The van der Waals surface area contributed by atoms with Gasteiger partial charge in [-0.3, -0.25) is 9.78 Å². The molecule has 0 radical (unpaired) electrons. The molecule has 0 saturated heterocycles. The Labute approximate surface area is 183 Å². The van der Waals surface area contributed by atoms with Gasteiger partial charge >= 0.3 is 0 Å². The number of hydrogen-bond acceptors (Lipinski definition) is 7. The van der Waals surface area contributed by atoms with Crippen molar-refractivity contribution in [1.82, 2.24) is 24.9 Å². The van der Waals surface area contributed by atoms with Gasteiger partial charge in [0.05, 0.1) is 34.5 Å². The molecule has 160 valence electrons. The molecule has 0 saturated carbocycles. The first-order valence-corrected chi connectivity index (χ1v) is 10.1. The summed E-state index contributed by atoms with van der Waals surface area (Å²) in [5, 5.41) is 26.0. The maximum atomic E-state index is 13.6. The highest BCUT2D eigenvalue weighted by Gasteiger charge is 2.23. The molecule has 2 atom stereocenters. The maximum absolute atomic E-state index is 13.6. The van der Waals surface area contributed by atoms with Gasteiger partial charge in [-0.05, 0) is 47.1 Å². The van der Waals surface area contributed by atoms with E-state index in [1.54, 1.807) is 31.5 Å². The summed E-state index contributed by atoms with van der Waals surface area (Å²) in [6, 6.07) is 5.49. The van der Waals surface area contributed by atoms with Crippen LogP contribution in [0.2, 0.25) is 0 Å². The highest BCUT2D eigenvalue weighted by molar-refractivity contribution is 9.10. The predicted molar refractivity (Wildman–Crippen MR) is 115 cm³/mol. The van der Waals surface area contributed by atoms with Gasteiger partial charge in [0.2, 0.25) is 0 Å². The van der Waals surface area contributed by atoms with Crippen LogP contribution in [0.4, 0.5) is 10.2 Å². The summed E-state index contributed by atoms with van der Waals surface area (Å²) in [7, 11) is 0. The van der Waals surface area contributed by atoms with Crippen molar-refractivity contribution in [2.45, 2.75) is 19.1 Å². The number of hydrogen-bond donors (Lipinski definition) is 4. The van der Waals surface area contributed by atoms with Crippen molar-refractivity contribution in [3.8, 4) is 11.1 Å². The maximum Gasteiger partial charge on any atom is 0.251 e. The monoisotopic (exact) mass is 488 g/mol. The lowest BCUT2D eigenvalue weighted by molar-refractivity contribution is -0.131. The van der Waals surface area contributed by atoms with E-state index in [9.17, 15) is 14.3 Å². The number of nitrogens with one attached hydrogen (secondary N) is 1. The van der Waals surface area contributed by atoms with E-state index in [1.807, 2.05) is 0 Å². The van der Waals surface area contributed by atoms with Crippen molar-refractivity contribution in [2.24, 2.45) is 0 Å². The van der Waals surface area contributed by atoms with Crippen molar-refractivity contribution >= 4 is 44.2 Å². The smallest absolute Gasteiger partial charge is 0.251 e. The zero-order chi connectivity index (χ0) is 22.3. The van der Waals surface area contributed by atoms with E-state index in [-0.39, 0.29) is 11.6 Å². The zero-order valence-corrected chi connectivity index (χ0v) is 17.8. The van der Waals surface area contributed by atoms with Crippen LogP contribution in [0.1, 0.15) is 18.7 Å². The molecule has 0 fully saturated rings. The van der Waals surface area contributed by atoms with Crippen LogP contribution in [0.15, 0.2) is 41.1 Å². The number of aliphatic hydroxyl groups is 2. The molecule has 3 aromatic heterocycles. The molecule has 11 heteroatoms. The first kappa shape index (κ1) is 21.1. The van der Waals surface area contributed by atoms with E-state index < -0.39 is 24.7 Å². The zero-order valence-electron chi connectivity index (χ0n) is 16.3. The third-order valence-electron chi connectivity index (χ3n) is 4.85. The molecule has 4 rings (SSSR count). The van der Waals surface area contributed by atoms with Gasteiger partial charge in [0.15, 0.2) is 11.8 Å². The third-order valence-corrected chi connectivity index (χ3v) is 5.66. The van der Waals surface area contributed by atoms with Crippen LogP contribution in [0, 0.1) is 5.82 Å². The van der Waals surface area contributed by atoms with Crippen LogP contribution in [-0.2, 0) is 4.79 Å². The van der Waals surface area contributed by atoms with E-state index in [1.165, 1.54) is 16.6 Å². The Hall–Kier alpha value is -3.15.